The number of hydrogen-bond acceptors (Lipinski definition) is 7. The number of nitrogens with one attached hydrogen (secondary N) is 1. The van der Waals surface area contributed by atoms with Gasteiger partial charge in [0.25, 0.3) is 5.56 Å². The summed E-state index contributed by atoms with van der Waals surface area (Å²) in [5, 5.41) is 13.9. The molecule has 5 rings (SSSR count). The molecular formula is C30H34N6O3. The average molecular weight is 527 g/mol. The van der Waals surface area contributed by atoms with E-state index in [-0.39, 0.29) is 11.6 Å². The highest BCUT2D eigenvalue weighted by Gasteiger charge is 2.27. The number of aromatic nitrogens is 5. The molecule has 3 aromatic heterocycles. The van der Waals surface area contributed by atoms with Gasteiger partial charge in [-0.25, -0.2) is 4.68 Å². The fraction of sp³-hybridized carbons (Fsp3) is 0.333. The highest BCUT2D eigenvalue weighted by atomic mass is 16.5. The fourth-order valence-corrected chi connectivity index (χ4v) is 5.05. The number of pyridine rings is 1. The Morgan fingerprint density at radius 3 is 2.59 bits per heavy atom. The van der Waals surface area contributed by atoms with E-state index in [0.29, 0.717) is 25.2 Å². The number of benzene rings is 2. The van der Waals surface area contributed by atoms with Crippen LogP contribution in [0.5, 0.6) is 5.75 Å². The zero-order valence-electron chi connectivity index (χ0n) is 22.8. The Morgan fingerprint density at radius 2 is 1.87 bits per heavy atom. The minimum Gasteiger partial charge on any atom is -0.497 e. The third-order valence-electron chi connectivity index (χ3n) is 7.18. The van der Waals surface area contributed by atoms with E-state index in [4.69, 9.17) is 9.15 Å². The number of hydrogen-bond donors (Lipinski definition) is 1. The van der Waals surface area contributed by atoms with Crippen molar-refractivity contribution in [3.63, 3.8) is 0 Å². The number of nitrogens with zero attached hydrogens (tertiary/aromatic N) is 5. The van der Waals surface area contributed by atoms with Gasteiger partial charge in [-0.3, -0.25) is 9.69 Å². The largest absolute Gasteiger partial charge is 0.497 e. The first-order valence-electron chi connectivity index (χ1n) is 13.2. The van der Waals surface area contributed by atoms with Gasteiger partial charge in [-0.05, 0) is 77.7 Å². The van der Waals surface area contributed by atoms with Crippen molar-refractivity contribution in [1.29, 1.82) is 0 Å². The van der Waals surface area contributed by atoms with Gasteiger partial charge in [-0.15, -0.1) is 5.10 Å². The maximum Gasteiger partial charge on any atom is 0.252 e. The maximum absolute atomic E-state index is 13.3. The summed E-state index contributed by atoms with van der Waals surface area (Å²) in [6.07, 6.45) is 3.40. The number of tetrazole rings is 1. The number of methoxy groups -OCH3 is 1. The van der Waals surface area contributed by atoms with Crippen molar-refractivity contribution < 1.29 is 9.15 Å². The van der Waals surface area contributed by atoms with Crippen LogP contribution in [-0.2, 0) is 19.6 Å². The molecule has 0 aliphatic carbocycles. The number of ether oxygens (including phenoxy) is 1. The van der Waals surface area contributed by atoms with E-state index in [0.717, 1.165) is 57.8 Å². The van der Waals surface area contributed by atoms with Gasteiger partial charge in [-0.2, -0.15) is 0 Å². The van der Waals surface area contributed by atoms with Gasteiger partial charge in [0, 0.05) is 17.5 Å². The van der Waals surface area contributed by atoms with Crippen LogP contribution in [0.3, 0.4) is 0 Å². The van der Waals surface area contributed by atoms with Crippen LogP contribution in [0.1, 0.15) is 59.6 Å². The van der Waals surface area contributed by atoms with Crippen LogP contribution < -0.4 is 10.3 Å². The summed E-state index contributed by atoms with van der Waals surface area (Å²) in [5.41, 5.74) is 4.73. The molecule has 0 saturated heterocycles. The van der Waals surface area contributed by atoms with Crippen molar-refractivity contribution in [1.82, 2.24) is 30.1 Å². The molecule has 0 radical (unpaired) electrons. The number of rotatable bonds is 11. The molecule has 2 aromatic carbocycles. The lowest BCUT2D eigenvalue weighted by Crippen LogP contribution is -2.32. The van der Waals surface area contributed by atoms with Crippen LogP contribution >= 0.6 is 0 Å². The summed E-state index contributed by atoms with van der Waals surface area (Å²) in [7, 11) is 1.65. The first-order valence-corrected chi connectivity index (χ1v) is 13.2. The van der Waals surface area contributed by atoms with Crippen LogP contribution in [-0.4, -0.2) is 37.2 Å². The molecule has 9 heteroatoms. The van der Waals surface area contributed by atoms with Crippen molar-refractivity contribution in [2.75, 3.05) is 7.11 Å². The summed E-state index contributed by atoms with van der Waals surface area (Å²) in [5.74, 6) is 2.37. The highest BCUT2D eigenvalue weighted by Crippen LogP contribution is 2.29. The second kappa shape index (κ2) is 11.7. The van der Waals surface area contributed by atoms with E-state index in [1.54, 1.807) is 13.4 Å². The third-order valence-corrected chi connectivity index (χ3v) is 7.18. The molecule has 0 fully saturated rings. The van der Waals surface area contributed by atoms with E-state index < -0.39 is 0 Å². The van der Waals surface area contributed by atoms with E-state index in [1.807, 2.05) is 60.1 Å². The maximum atomic E-state index is 13.3. The molecule has 0 aliphatic heterocycles. The van der Waals surface area contributed by atoms with E-state index in [9.17, 15) is 4.79 Å². The van der Waals surface area contributed by atoms with Crippen LogP contribution in [0.4, 0.5) is 0 Å². The van der Waals surface area contributed by atoms with Gasteiger partial charge in [0.1, 0.15) is 11.5 Å². The SMILES string of the molecule is CCC[C@@H](c1nnnn1Cc1ccc(OC)cc1)N(Cc1ccco1)Cc1cc2c(C)ccc(C)c2[nH]c1=O. The zero-order valence-corrected chi connectivity index (χ0v) is 22.8. The Hall–Kier alpha value is -4.24. The van der Waals surface area contributed by atoms with Crippen LogP contribution in [0.15, 0.2) is 70.1 Å². The summed E-state index contributed by atoms with van der Waals surface area (Å²) in [6.45, 7) is 7.68. The van der Waals surface area contributed by atoms with Gasteiger partial charge in [0.2, 0.25) is 0 Å². The van der Waals surface area contributed by atoms with Crippen molar-refractivity contribution in [2.45, 2.75) is 59.3 Å². The molecule has 1 atom stereocenters. The van der Waals surface area contributed by atoms with Gasteiger partial charge in [-0.1, -0.05) is 37.6 Å². The lowest BCUT2D eigenvalue weighted by atomic mass is 10.0. The van der Waals surface area contributed by atoms with Crippen LogP contribution in [0.2, 0.25) is 0 Å². The topological polar surface area (TPSA) is 102 Å². The molecule has 39 heavy (non-hydrogen) atoms. The second-order valence-corrected chi connectivity index (χ2v) is 9.94. The number of aryl methyl sites for hydroxylation is 2. The summed E-state index contributed by atoms with van der Waals surface area (Å²) in [6, 6.07) is 17.7. The Morgan fingerprint density at radius 1 is 1.08 bits per heavy atom. The van der Waals surface area contributed by atoms with Gasteiger partial charge in [0.15, 0.2) is 5.82 Å². The van der Waals surface area contributed by atoms with Gasteiger partial charge < -0.3 is 14.1 Å². The number of aromatic amines is 1. The number of furan rings is 1. The Balaban J connectivity index is 1.52. The monoisotopic (exact) mass is 526 g/mol. The molecular weight excluding hydrogens is 492 g/mol. The molecule has 0 saturated carbocycles. The molecule has 9 nitrogen and oxygen atoms in total. The Labute approximate surface area is 227 Å². The summed E-state index contributed by atoms with van der Waals surface area (Å²) >= 11 is 0. The minimum absolute atomic E-state index is 0.0891. The Kier molecular flexibility index (Phi) is 7.88. The average Bonchev–Trinajstić information content (AvgIpc) is 3.63. The first kappa shape index (κ1) is 26.4. The third kappa shape index (κ3) is 5.78. The van der Waals surface area contributed by atoms with E-state index >= 15 is 0 Å². The standard InChI is InChI=1S/C30H34N6O3/c1-5-7-27(29-32-33-34-36(29)17-22-11-13-24(38-4)14-12-22)35(19-25-8-6-15-39-25)18-23-16-26-20(2)9-10-21(3)28(26)31-30(23)37/h6,8-16,27H,5,7,17-19H2,1-4H3,(H,31,37)/t27-/m0/s1. The molecule has 0 amide bonds. The van der Waals surface area contributed by atoms with E-state index in [1.165, 1.54) is 0 Å². The summed E-state index contributed by atoms with van der Waals surface area (Å²) < 4.78 is 12.9. The number of fused-ring (bicyclic) bond motifs is 1. The van der Waals surface area contributed by atoms with E-state index in [2.05, 4.69) is 45.3 Å². The van der Waals surface area contributed by atoms with Crippen molar-refractivity contribution in [3.8, 4) is 5.75 Å². The highest BCUT2D eigenvalue weighted by molar-refractivity contribution is 5.85. The normalized spacial score (nSPS) is 12.3. The van der Waals surface area contributed by atoms with Crippen LogP contribution in [0, 0.1) is 13.8 Å². The Bertz CT molecular complexity index is 1590. The predicted molar refractivity (Wildman–Crippen MR) is 150 cm³/mol. The molecule has 0 bridgehead atoms. The molecule has 5 aromatic rings. The molecule has 0 unspecified atom stereocenters. The molecule has 3 heterocycles. The van der Waals surface area contributed by atoms with Gasteiger partial charge >= 0.3 is 0 Å². The fourth-order valence-electron chi connectivity index (χ4n) is 5.05. The minimum atomic E-state index is -0.137. The predicted octanol–water partition coefficient (Wildman–Crippen LogP) is 5.32. The smallest absolute Gasteiger partial charge is 0.252 e. The molecule has 1 N–H and O–H groups in total. The zero-order chi connectivity index (χ0) is 27.4. The van der Waals surface area contributed by atoms with Crippen molar-refractivity contribution in [2.24, 2.45) is 0 Å². The molecule has 202 valence electrons. The van der Waals surface area contributed by atoms with Gasteiger partial charge in [0.05, 0.1) is 38.0 Å². The lowest BCUT2D eigenvalue weighted by Gasteiger charge is -2.30. The van der Waals surface area contributed by atoms with Crippen LogP contribution in [0.25, 0.3) is 10.9 Å². The van der Waals surface area contributed by atoms with Crippen molar-refractivity contribution in [3.05, 3.63) is 105 Å². The second-order valence-electron chi connectivity index (χ2n) is 9.94. The number of H-pyrrole nitrogens is 1. The van der Waals surface area contributed by atoms with Crippen molar-refractivity contribution >= 4 is 10.9 Å². The molecule has 0 aliphatic rings. The summed E-state index contributed by atoms with van der Waals surface area (Å²) in [4.78, 5) is 18.7. The lowest BCUT2D eigenvalue weighted by molar-refractivity contribution is 0.144. The quantitative estimate of drug-likeness (QED) is 0.248. The molecule has 0 spiro atoms. The first-order chi connectivity index (χ1) is 19.0.